The molecule has 0 radical (unpaired) electrons. The number of aromatic amines is 1. The van der Waals surface area contributed by atoms with Crippen LogP contribution in [-0.2, 0) is 0 Å². The van der Waals surface area contributed by atoms with Crippen LogP contribution in [0.2, 0.25) is 0 Å². The second kappa shape index (κ2) is 6.15. The lowest BCUT2D eigenvalue weighted by Crippen LogP contribution is -2.16. The third kappa shape index (κ3) is 2.94. The number of nitrogens with one attached hydrogen (secondary N) is 2. The molecule has 5 heteroatoms. The Morgan fingerprint density at radius 3 is 2.95 bits per heavy atom. The second-order valence-electron chi connectivity index (χ2n) is 5.38. The van der Waals surface area contributed by atoms with Crippen LogP contribution in [-0.4, -0.2) is 17.1 Å². The highest BCUT2D eigenvalue weighted by Crippen LogP contribution is 2.23. The molecule has 2 N–H and O–H groups in total. The molecule has 0 unspecified atom stereocenters. The summed E-state index contributed by atoms with van der Waals surface area (Å²) in [6.07, 6.45) is 3.54. The van der Waals surface area contributed by atoms with Gasteiger partial charge in [0, 0.05) is 32.9 Å². The first-order valence-electron chi connectivity index (χ1n) is 7.13. The molecule has 4 nitrogen and oxygen atoms in total. The highest BCUT2D eigenvalue weighted by molar-refractivity contribution is 7.10. The van der Waals surface area contributed by atoms with E-state index in [1.54, 1.807) is 17.6 Å². The van der Waals surface area contributed by atoms with E-state index in [-0.39, 0.29) is 5.91 Å². The molecule has 0 saturated carbocycles. The number of carbonyl (C=O) groups is 1. The van der Waals surface area contributed by atoms with Crippen molar-refractivity contribution >= 4 is 34.4 Å². The molecule has 0 spiro atoms. The number of para-hydroxylation sites is 1. The zero-order valence-electron chi connectivity index (χ0n) is 12.5. The molecule has 3 rings (SSSR count). The van der Waals surface area contributed by atoms with Crippen molar-refractivity contribution in [3.05, 3.63) is 57.9 Å². The van der Waals surface area contributed by atoms with Gasteiger partial charge in [0.15, 0.2) is 0 Å². The number of thiophene rings is 1. The first-order chi connectivity index (χ1) is 10.6. The molecule has 0 aliphatic rings. The maximum atomic E-state index is 12.0. The Morgan fingerprint density at radius 2 is 2.18 bits per heavy atom. The fourth-order valence-electron chi connectivity index (χ4n) is 2.20. The van der Waals surface area contributed by atoms with Crippen LogP contribution in [0.25, 0.3) is 10.9 Å². The topological polar surface area (TPSA) is 57.2 Å². The summed E-state index contributed by atoms with van der Waals surface area (Å²) in [6, 6.07) is 9.90. The SMILES string of the molecule is CC(C)c1cc(C(=O)NN=Cc2c[nH]c3ccccc23)cs1. The zero-order chi connectivity index (χ0) is 15.5. The van der Waals surface area contributed by atoms with Crippen molar-refractivity contribution in [2.45, 2.75) is 19.8 Å². The molecule has 0 atom stereocenters. The number of nitrogens with zero attached hydrogens (tertiary/aromatic N) is 1. The lowest BCUT2D eigenvalue weighted by molar-refractivity contribution is 0.0955. The number of fused-ring (bicyclic) bond motifs is 1. The molecular weight excluding hydrogens is 294 g/mol. The number of benzene rings is 1. The van der Waals surface area contributed by atoms with E-state index in [0.717, 1.165) is 16.5 Å². The number of hydrazone groups is 1. The van der Waals surface area contributed by atoms with E-state index in [1.165, 1.54) is 4.88 Å². The van der Waals surface area contributed by atoms with Crippen LogP contribution in [0.4, 0.5) is 0 Å². The van der Waals surface area contributed by atoms with Crippen molar-refractivity contribution in [2.75, 3.05) is 0 Å². The first-order valence-corrected chi connectivity index (χ1v) is 8.01. The third-order valence-corrected chi connectivity index (χ3v) is 4.68. The average molecular weight is 311 g/mol. The molecule has 112 valence electrons. The van der Waals surface area contributed by atoms with Crippen molar-refractivity contribution < 1.29 is 4.79 Å². The summed E-state index contributed by atoms with van der Waals surface area (Å²) in [7, 11) is 0. The van der Waals surface area contributed by atoms with Gasteiger partial charge in [0.25, 0.3) is 5.91 Å². The minimum Gasteiger partial charge on any atom is -0.361 e. The smallest absolute Gasteiger partial charge is 0.272 e. The zero-order valence-corrected chi connectivity index (χ0v) is 13.3. The second-order valence-corrected chi connectivity index (χ2v) is 6.32. The highest BCUT2D eigenvalue weighted by atomic mass is 32.1. The molecule has 3 aromatic rings. The normalized spacial score (nSPS) is 11.6. The Hall–Kier alpha value is -2.40. The Balaban J connectivity index is 1.70. The van der Waals surface area contributed by atoms with Gasteiger partial charge in [-0.3, -0.25) is 4.79 Å². The largest absolute Gasteiger partial charge is 0.361 e. The Kier molecular flexibility index (Phi) is 4.06. The molecule has 1 aromatic carbocycles. The van der Waals surface area contributed by atoms with E-state index in [1.807, 2.05) is 41.9 Å². The summed E-state index contributed by atoms with van der Waals surface area (Å²) in [5.41, 5.74) is 5.23. The van der Waals surface area contributed by atoms with Crippen molar-refractivity contribution in [1.82, 2.24) is 10.4 Å². The van der Waals surface area contributed by atoms with Crippen LogP contribution in [0.5, 0.6) is 0 Å². The average Bonchev–Trinajstić information content (AvgIpc) is 3.14. The summed E-state index contributed by atoms with van der Waals surface area (Å²) >= 11 is 1.60. The molecule has 2 aromatic heterocycles. The fourth-order valence-corrected chi connectivity index (χ4v) is 3.11. The summed E-state index contributed by atoms with van der Waals surface area (Å²) in [5, 5.41) is 7.00. The lowest BCUT2D eigenvalue weighted by atomic mass is 10.1. The number of aromatic nitrogens is 1. The van der Waals surface area contributed by atoms with Crippen LogP contribution in [0.1, 0.15) is 40.6 Å². The monoisotopic (exact) mass is 311 g/mol. The van der Waals surface area contributed by atoms with E-state index in [4.69, 9.17) is 0 Å². The molecule has 0 saturated heterocycles. The van der Waals surface area contributed by atoms with Crippen molar-refractivity contribution in [1.29, 1.82) is 0 Å². The summed E-state index contributed by atoms with van der Waals surface area (Å²) < 4.78 is 0. The quantitative estimate of drug-likeness (QED) is 0.553. The molecule has 2 heterocycles. The van der Waals surface area contributed by atoms with Crippen LogP contribution in [0, 0.1) is 0 Å². The number of hydrogen-bond donors (Lipinski definition) is 2. The summed E-state index contributed by atoms with van der Waals surface area (Å²) in [6.45, 7) is 4.23. The van der Waals surface area contributed by atoms with Crippen LogP contribution >= 0.6 is 11.3 Å². The van der Waals surface area contributed by atoms with Crippen LogP contribution < -0.4 is 5.43 Å². The van der Waals surface area contributed by atoms with Crippen molar-refractivity contribution in [2.24, 2.45) is 5.10 Å². The number of H-pyrrole nitrogens is 1. The minimum atomic E-state index is -0.181. The standard InChI is InChI=1S/C17H17N3OS/c1-11(2)16-7-12(10-22-16)17(21)20-19-9-13-8-18-15-6-4-3-5-14(13)15/h3-11,18H,1-2H3,(H,20,21). The number of hydrogen-bond acceptors (Lipinski definition) is 3. The molecule has 0 aliphatic heterocycles. The van der Waals surface area contributed by atoms with Crippen molar-refractivity contribution in [3.8, 4) is 0 Å². The van der Waals surface area contributed by atoms with Gasteiger partial charge in [-0.15, -0.1) is 11.3 Å². The Bertz CT molecular complexity index is 829. The predicted molar refractivity (Wildman–Crippen MR) is 91.8 cm³/mol. The van der Waals surface area contributed by atoms with Gasteiger partial charge < -0.3 is 4.98 Å². The van der Waals surface area contributed by atoms with Gasteiger partial charge in [-0.2, -0.15) is 5.10 Å². The fraction of sp³-hybridized carbons (Fsp3) is 0.176. The lowest BCUT2D eigenvalue weighted by Gasteiger charge is -1.98. The van der Waals surface area contributed by atoms with E-state index in [2.05, 4.69) is 29.4 Å². The number of rotatable bonds is 4. The van der Waals surface area contributed by atoms with Crippen molar-refractivity contribution in [3.63, 3.8) is 0 Å². The van der Waals surface area contributed by atoms with E-state index in [9.17, 15) is 4.79 Å². The predicted octanol–water partition coefficient (Wildman–Crippen LogP) is 4.12. The van der Waals surface area contributed by atoms with Gasteiger partial charge >= 0.3 is 0 Å². The highest BCUT2D eigenvalue weighted by Gasteiger charge is 2.09. The maximum Gasteiger partial charge on any atom is 0.272 e. The van der Waals surface area contributed by atoms with E-state index >= 15 is 0 Å². The van der Waals surface area contributed by atoms with Crippen LogP contribution in [0.3, 0.4) is 0 Å². The first kappa shape index (κ1) is 14.5. The van der Waals surface area contributed by atoms with Gasteiger partial charge in [-0.05, 0) is 18.1 Å². The summed E-state index contributed by atoms with van der Waals surface area (Å²) in [4.78, 5) is 16.4. The van der Waals surface area contributed by atoms with Gasteiger partial charge in [-0.25, -0.2) is 5.43 Å². The van der Waals surface area contributed by atoms with Gasteiger partial charge in [0.2, 0.25) is 0 Å². The molecule has 0 fully saturated rings. The van der Waals surface area contributed by atoms with Gasteiger partial charge in [0.05, 0.1) is 11.8 Å². The number of amides is 1. The van der Waals surface area contributed by atoms with E-state index in [0.29, 0.717) is 11.5 Å². The van der Waals surface area contributed by atoms with Gasteiger partial charge in [-0.1, -0.05) is 32.0 Å². The Morgan fingerprint density at radius 1 is 1.36 bits per heavy atom. The Labute approximate surface area is 132 Å². The molecule has 0 aliphatic carbocycles. The van der Waals surface area contributed by atoms with Crippen LogP contribution in [0.15, 0.2) is 47.0 Å². The molecule has 22 heavy (non-hydrogen) atoms. The third-order valence-electron chi connectivity index (χ3n) is 3.44. The molecule has 1 amide bonds. The minimum absolute atomic E-state index is 0.181. The van der Waals surface area contributed by atoms with E-state index < -0.39 is 0 Å². The molecular formula is C17H17N3OS. The van der Waals surface area contributed by atoms with Gasteiger partial charge in [0.1, 0.15) is 0 Å². The summed E-state index contributed by atoms with van der Waals surface area (Å²) in [5.74, 6) is 0.250. The number of carbonyl (C=O) groups excluding carboxylic acids is 1. The molecule has 0 bridgehead atoms. The maximum absolute atomic E-state index is 12.0.